The molecular formula is C21H14N4O3S2. The van der Waals surface area contributed by atoms with Crippen LogP contribution in [0.5, 0.6) is 11.5 Å². The van der Waals surface area contributed by atoms with Crippen molar-refractivity contribution in [2.45, 2.75) is 4.90 Å². The molecule has 1 N–H and O–H groups in total. The lowest BCUT2D eigenvalue weighted by molar-refractivity contribution is 0.482. The minimum absolute atomic E-state index is 0.0713. The molecule has 0 unspecified atom stereocenters. The molecule has 4 rings (SSSR count). The highest BCUT2D eigenvalue weighted by Gasteiger charge is 2.19. The summed E-state index contributed by atoms with van der Waals surface area (Å²) in [5, 5.41) is 17.0. The van der Waals surface area contributed by atoms with Crippen molar-refractivity contribution >= 4 is 26.5 Å². The van der Waals surface area contributed by atoms with Crippen LogP contribution in [0.25, 0.3) is 11.1 Å². The minimum Gasteiger partial charge on any atom is -0.455 e. The van der Waals surface area contributed by atoms with Crippen molar-refractivity contribution in [1.29, 1.82) is 5.26 Å². The first kappa shape index (κ1) is 19.6. The second kappa shape index (κ2) is 8.32. The number of anilines is 1. The zero-order chi connectivity index (χ0) is 21.0. The van der Waals surface area contributed by atoms with Crippen LogP contribution in [0.2, 0.25) is 0 Å². The number of nitriles is 1. The first-order valence-corrected chi connectivity index (χ1v) is 11.1. The van der Waals surface area contributed by atoms with E-state index < -0.39 is 10.0 Å². The lowest BCUT2D eigenvalue weighted by atomic mass is 10.0. The molecule has 4 aromatic rings. The molecule has 1 heterocycles. The summed E-state index contributed by atoms with van der Waals surface area (Å²) in [7, 11) is -3.91. The summed E-state index contributed by atoms with van der Waals surface area (Å²) in [5.74, 6) is 0.818. The SMILES string of the molecule is N#Cc1cc(S(=O)(=O)Nc2nncs2)ccc1Oc1ccccc1-c1ccccc1. The van der Waals surface area contributed by atoms with E-state index in [-0.39, 0.29) is 21.3 Å². The van der Waals surface area contributed by atoms with E-state index in [0.717, 1.165) is 22.5 Å². The van der Waals surface area contributed by atoms with Crippen LogP contribution in [0.15, 0.2) is 83.2 Å². The average molecular weight is 435 g/mol. The Bertz CT molecular complexity index is 1320. The Morgan fingerprint density at radius 1 is 0.967 bits per heavy atom. The summed E-state index contributed by atoms with van der Waals surface area (Å²) in [5.41, 5.74) is 3.33. The summed E-state index contributed by atoms with van der Waals surface area (Å²) >= 11 is 1.06. The maximum Gasteiger partial charge on any atom is 0.263 e. The molecule has 9 heteroatoms. The van der Waals surface area contributed by atoms with Crippen LogP contribution in [-0.2, 0) is 10.0 Å². The van der Waals surface area contributed by atoms with Gasteiger partial charge in [0, 0.05) is 5.56 Å². The molecule has 0 saturated heterocycles. The fourth-order valence-corrected chi connectivity index (χ4v) is 4.49. The van der Waals surface area contributed by atoms with Crippen molar-refractivity contribution < 1.29 is 13.2 Å². The van der Waals surface area contributed by atoms with Gasteiger partial charge in [-0.05, 0) is 29.8 Å². The summed E-state index contributed by atoms with van der Waals surface area (Å²) in [4.78, 5) is -0.0713. The molecule has 0 saturated carbocycles. The number of hydrogen-bond acceptors (Lipinski definition) is 7. The van der Waals surface area contributed by atoms with Crippen LogP contribution >= 0.6 is 11.3 Å². The molecule has 0 aliphatic heterocycles. The fourth-order valence-electron chi connectivity index (χ4n) is 2.77. The molecule has 0 spiro atoms. The standard InChI is InChI=1S/C21H14N4O3S2/c22-13-16-12-17(30(26,27)25-21-24-23-14-29-21)10-11-19(16)28-20-9-5-4-8-18(20)15-6-2-1-3-7-15/h1-12,14H,(H,24,25). The Kier molecular flexibility index (Phi) is 5.43. The molecular weight excluding hydrogens is 420 g/mol. The van der Waals surface area contributed by atoms with Gasteiger partial charge in [0.25, 0.3) is 10.0 Å². The van der Waals surface area contributed by atoms with Crippen molar-refractivity contribution in [1.82, 2.24) is 10.2 Å². The molecule has 148 valence electrons. The van der Waals surface area contributed by atoms with Gasteiger partial charge in [-0.15, -0.1) is 10.2 Å². The Labute approximate surface area is 177 Å². The first-order valence-electron chi connectivity index (χ1n) is 8.72. The van der Waals surface area contributed by atoms with E-state index in [1.165, 1.54) is 23.7 Å². The van der Waals surface area contributed by atoms with Gasteiger partial charge in [0.05, 0.1) is 10.5 Å². The maximum atomic E-state index is 12.6. The van der Waals surface area contributed by atoms with Crippen LogP contribution in [0.4, 0.5) is 5.13 Å². The number of hydrogen-bond donors (Lipinski definition) is 1. The van der Waals surface area contributed by atoms with Gasteiger partial charge in [0.2, 0.25) is 5.13 Å². The van der Waals surface area contributed by atoms with Crippen LogP contribution in [-0.4, -0.2) is 18.6 Å². The highest BCUT2D eigenvalue weighted by molar-refractivity contribution is 7.93. The van der Waals surface area contributed by atoms with Gasteiger partial charge in [0.1, 0.15) is 23.1 Å². The van der Waals surface area contributed by atoms with E-state index in [1.54, 1.807) is 6.07 Å². The van der Waals surface area contributed by atoms with Crippen LogP contribution in [0.1, 0.15) is 5.56 Å². The third-order valence-corrected chi connectivity index (χ3v) is 6.23. The molecule has 30 heavy (non-hydrogen) atoms. The van der Waals surface area contributed by atoms with Crippen LogP contribution in [0.3, 0.4) is 0 Å². The zero-order valence-corrected chi connectivity index (χ0v) is 17.0. The van der Waals surface area contributed by atoms with Crippen LogP contribution < -0.4 is 9.46 Å². The normalized spacial score (nSPS) is 10.9. The highest BCUT2D eigenvalue weighted by atomic mass is 32.2. The van der Waals surface area contributed by atoms with Crippen molar-refractivity contribution in [2.75, 3.05) is 4.72 Å². The maximum absolute atomic E-state index is 12.6. The lowest BCUT2D eigenvalue weighted by Gasteiger charge is -2.13. The predicted octanol–water partition coefficient (Wildman–Crippen LogP) is 4.67. The quantitative estimate of drug-likeness (QED) is 0.473. The van der Waals surface area contributed by atoms with Crippen molar-refractivity contribution in [3.05, 3.63) is 83.9 Å². The van der Waals surface area contributed by atoms with E-state index in [0.29, 0.717) is 5.75 Å². The van der Waals surface area contributed by atoms with Gasteiger partial charge in [0.15, 0.2) is 0 Å². The van der Waals surface area contributed by atoms with E-state index in [1.807, 2.05) is 54.6 Å². The fraction of sp³-hybridized carbons (Fsp3) is 0. The van der Waals surface area contributed by atoms with E-state index in [4.69, 9.17) is 4.74 Å². The molecule has 0 atom stereocenters. The second-order valence-corrected chi connectivity index (χ2v) is 8.60. The summed E-state index contributed by atoms with van der Waals surface area (Å²) in [6.07, 6.45) is 0. The number of benzene rings is 3. The van der Waals surface area contributed by atoms with Gasteiger partial charge >= 0.3 is 0 Å². The smallest absolute Gasteiger partial charge is 0.263 e. The van der Waals surface area contributed by atoms with Gasteiger partial charge in [-0.25, -0.2) is 8.42 Å². The third-order valence-electron chi connectivity index (χ3n) is 4.16. The minimum atomic E-state index is -3.91. The molecule has 0 aliphatic carbocycles. The number of para-hydroxylation sites is 1. The van der Waals surface area contributed by atoms with Crippen molar-refractivity contribution in [2.24, 2.45) is 0 Å². The van der Waals surface area contributed by atoms with Gasteiger partial charge in [-0.3, -0.25) is 4.72 Å². The van der Waals surface area contributed by atoms with Crippen molar-refractivity contribution in [3.8, 4) is 28.7 Å². The summed E-state index contributed by atoms with van der Waals surface area (Å²) in [6, 6.07) is 23.3. The number of aromatic nitrogens is 2. The molecule has 0 bridgehead atoms. The number of ether oxygens (including phenoxy) is 1. The number of rotatable bonds is 6. The van der Waals surface area contributed by atoms with Crippen molar-refractivity contribution in [3.63, 3.8) is 0 Å². The van der Waals surface area contributed by atoms with Gasteiger partial charge < -0.3 is 4.74 Å². The predicted molar refractivity (Wildman–Crippen MR) is 114 cm³/mol. The summed E-state index contributed by atoms with van der Waals surface area (Å²) < 4.78 is 33.4. The number of sulfonamides is 1. The summed E-state index contributed by atoms with van der Waals surface area (Å²) in [6.45, 7) is 0. The molecule has 0 aliphatic rings. The highest BCUT2D eigenvalue weighted by Crippen LogP contribution is 2.35. The first-order chi connectivity index (χ1) is 14.6. The zero-order valence-electron chi connectivity index (χ0n) is 15.4. The van der Waals surface area contributed by atoms with Crippen LogP contribution in [0, 0.1) is 11.3 Å². The van der Waals surface area contributed by atoms with Gasteiger partial charge in [-0.1, -0.05) is 59.9 Å². The second-order valence-electron chi connectivity index (χ2n) is 6.08. The molecule has 7 nitrogen and oxygen atoms in total. The monoisotopic (exact) mass is 434 g/mol. The molecule has 1 aromatic heterocycles. The van der Waals surface area contributed by atoms with E-state index in [2.05, 4.69) is 14.9 Å². The molecule has 0 radical (unpaired) electrons. The van der Waals surface area contributed by atoms with Gasteiger partial charge in [-0.2, -0.15) is 5.26 Å². The Hall–Kier alpha value is -3.74. The molecule has 3 aromatic carbocycles. The Morgan fingerprint density at radius 3 is 2.47 bits per heavy atom. The average Bonchev–Trinajstić information content (AvgIpc) is 3.27. The molecule has 0 amide bonds. The number of nitrogens with zero attached hydrogens (tertiary/aromatic N) is 3. The number of nitrogens with one attached hydrogen (secondary N) is 1. The largest absolute Gasteiger partial charge is 0.455 e. The van der Waals surface area contributed by atoms with E-state index in [9.17, 15) is 13.7 Å². The Morgan fingerprint density at radius 2 is 1.73 bits per heavy atom. The lowest BCUT2D eigenvalue weighted by Crippen LogP contribution is -2.13. The Balaban J connectivity index is 1.67. The topological polar surface area (TPSA) is 105 Å². The molecule has 0 fully saturated rings. The third kappa shape index (κ3) is 4.15. The van der Waals surface area contributed by atoms with E-state index >= 15 is 0 Å².